The summed E-state index contributed by atoms with van der Waals surface area (Å²) in [6.07, 6.45) is 1.17. The molecule has 36 heavy (non-hydrogen) atoms. The maximum Gasteiger partial charge on any atom is 0.410 e. The third-order valence-corrected chi connectivity index (χ3v) is 6.16. The number of ether oxygens (including phenoxy) is 1. The van der Waals surface area contributed by atoms with Crippen molar-refractivity contribution >= 4 is 28.7 Å². The van der Waals surface area contributed by atoms with Gasteiger partial charge in [0.05, 0.1) is 17.6 Å². The first-order chi connectivity index (χ1) is 17.0. The average molecular weight is 495 g/mol. The number of piperazine rings is 1. The second kappa shape index (κ2) is 10.1. The van der Waals surface area contributed by atoms with Crippen LogP contribution in [0.15, 0.2) is 35.3 Å². The highest BCUT2D eigenvalue weighted by Crippen LogP contribution is 2.16. The summed E-state index contributed by atoms with van der Waals surface area (Å²) in [5, 5.41) is 7.75. The fourth-order valence-corrected chi connectivity index (χ4v) is 4.22. The van der Waals surface area contributed by atoms with Crippen molar-refractivity contribution in [3.05, 3.63) is 57.5 Å². The molecule has 0 bridgehead atoms. The summed E-state index contributed by atoms with van der Waals surface area (Å²) >= 11 is 0. The number of hydrogen-bond acceptors (Lipinski definition) is 6. The van der Waals surface area contributed by atoms with Crippen LogP contribution < -0.4 is 10.7 Å². The predicted molar refractivity (Wildman–Crippen MR) is 138 cm³/mol. The van der Waals surface area contributed by atoms with Crippen molar-refractivity contribution < 1.29 is 14.3 Å². The topological polar surface area (TPSA) is 113 Å². The summed E-state index contributed by atoms with van der Waals surface area (Å²) in [5.41, 5.74) is 2.07. The monoisotopic (exact) mass is 494 g/mol. The van der Waals surface area contributed by atoms with Crippen LogP contribution in [0, 0.1) is 13.8 Å². The highest BCUT2D eigenvalue weighted by molar-refractivity contribution is 6.05. The zero-order valence-electron chi connectivity index (χ0n) is 21.6. The van der Waals surface area contributed by atoms with Crippen LogP contribution in [0.5, 0.6) is 0 Å². The summed E-state index contributed by atoms with van der Waals surface area (Å²) < 4.78 is 7.23. The van der Waals surface area contributed by atoms with Crippen molar-refractivity contribution in [1.29, 1.82) is 0 Å². The first-order valence-corrected chi connectivity index (χ1v) is 12.2. The number of fused-ring (bicyclic) bond motifs is 1. The Labute approximate surface area is 210 Å². The lowest BCUT2D eigenvalue weighted by molar-refractivity contribution is 0.0142. The molecule has 1 aromatic carbocycles. The van der Waals surface area contributed by atoms with Gasteiger partial charge >= 0.3 is 6.09 Å². The molecule has 2 aromatic heterocycles. The molecule has 10 heteroatoms. The number of anilines is 1. The molecule has 0 spiro atoms. The van der Waals surface area contributed by atoms with Gasteiger partial charge in [-0.2, -0.15) is 5.10 Å². The van der Waals surface area contributed by atoms with Gasteiger partial charge in [0.1, 0.15) is 16.8 Å². The Bertz CT molecular complexity index is 1310. The van der Waals surface area contributed by atoms with Crippen LogP contribution in [0.25, 0.3) is 11.0 Å². The van der Waals surface area contributed by atoms with E-state index < -0.39 is 11.5 Å². The van der Waals surface area contributed by atoms with Gasteiger partial charge in [-0.15, -0.1) is 0 Å². The number of H-pyrrole nitrogens is 1. The molecule has 3 aromatic rings. The number of rotatable bonds is 5. The Hall–Kier alpha value is -3.66. The van der Waals surface area contributed by atoms with Gasteiger partial charge in [0.15, 0.2) is 0 Å². The number of aromatic amines is 1. The van der Waals surface area contributed by atoms with Gasteiger partial charge < -0.3 is 19.9 Å². The summed E-state index contributed by atoms with van der Waals surface area (Å²) in [6, 6.07) is 7.40. The van der Waals surface area contributed by atoms with Gasteiger partial charge in [-0.1, -0.05) is 17.7 Å². The van der Waals surface area contributed by atoms with E-state index in [9.17, 15) is 14.4 Å². The van der Waals surface area contributed by atoms with Crippen LogP contribution in [0.3, 0.4) is 0 Å². The van der Waals surface area contributed by atoms with E-state index in [1.165, 1.54) is 6.20 Å². The maximum atomic E-state index is 13.2. The van der Waals surface area contributed by atoms with Crippen LogP contribution in [-0.2, 0) is 11.3 Å². The molecule has 1 aliphatic heterocycles. The lowest BCUT2D eigenvalue weighted by atomic mass is 10.1. The molecule has 0 aliphatic carbocycles. The van der Waals surface area contributed by atoms with Gasteiger partial charge in [-0.3, -0.25) is 14.5 Å². The van der Waals surface area contributed by atoms with Crippen molar-refractivity contribution in [2.75, 3.05) is 38.0 Å². The lowest BCUT2D eigenvalue weighted by Gasteiger charge is -2.35. The molecular weight excluding hydrogens is 460 g/mol. The number of pyridine rings is 1. The quantitative estimate of drug-likeness (QED) is 0.564. The van der Waals surface area contributed by atoms with Crippen LogP contribution in [0.1, 0.15) is 42.4 Å². The van der Waals surface area contributed by atoms with Crippen molar-refractivity contribution in [2.24, 2.45) is 0 Å². The normalized spacial score (nSPS) is 14.8. The molecule has 4 rings (SSSR count). The molecule has 1 fully saturated rings. The van der Waals surface area contributed by atoms with E-state index in [-0.39, 0.29) is 17.1 Å². The smallest absolute Gasteiger partial charge is 0.410 e. The van der Waals surface area contributed by atoms with Gasteiger partial charge in [0, 0.05) is 44.6 Å². The van der Waals surface area contributed by atoms with Crippen molar-refractivity contribution in [3.8, 4) is 0 Å². The zero-order chi connectivity index (χ0) is 26.0. The highest BCUT2D eigenvalue weighted by atomic mass is 16.6. The molecule has 10 nitrogen and oxygen atoms in total. The van der Waals surface area contributed by atoms with Gasteiger partial charge in [-0.05, 0) is 46.8 Å². The molecule has 0 saturated carbocycles. The van der Waals surface area contributed by atoms with E-state index >= 15 is 0 Å². The molecule has 1 saturated heterocycles. The Morgan fingerprint density at radius 1 is 1.06 bits per heavy atom. The van der Waals surface area contributed by atoms with Crippen molar-refractivity contribution in [3.63, 3.8) is 0 Å². The summed E-state index contributed by atoms with van der Waals surface area (Å²) in [5.74, 6) is -0.461. The SMILES string of the molecule is Cc1ccc(NC(=O)c2c[nH]c3c(c(C)nn3CCN3CCN(C(=O)OC(C)(C)C)CC3)c2=O)cc1. The van der Waals surface area contributed by atoms with E-state index in [4.69, 9.17) is 4.74 Å². The van der Waals surface area contributed by atoms with Crippen molar-refractivity contribution in [2.45, 2.75) is 46.8 Å². The number of amides is 2. The van der Waals surface area contributed by atoms with Gasteiger partial charge in [-0.25, -0.2) is 9.48 Å². The maximum absolute atomic E-state index is 13.2. The van der Waals surface area contributed by atoms with E-state index in [0.29, 0.717) is 42.0 Å². The zero-order valence-corrected chi connectivity index (χ0v) is 21.6. The van der Waals surface area contributed by atoms with E-state index in [2.05, 4.69) is 20.3 Å². The minimum absolute atomic E-state index is 0.0454. The van der Waals surface area contributed by atoms with E-state index in [1.807, 2.05) is 39.8 Å². The summed E-state index contributed by atoms with van der Waals surface area (Å²) in [7, 11) is 0. The van der Waals surface area contributed by atoms with Crippen LogP contribution in [-0.4, -0.2) is 74.9 Å². The molecule has 3 heterocycles. The van der Waals surface area contributed by atoms with E-state index in [1.54, 1.807) is 28.6 Å². The Morgan fingerprint density at radius 3 is 2.36 bits per heavy atom. The second-order valence-electron chi connectivity index (χ2n) is 10.2. The minimum atomic E-state index is -0.509. The number of aromatic nitrogens is 3. The Morgan fingerprint density at radius 2 is 1.72 bits per heavy atom. The van der Waals surface area contributed by atoms with Crippen LogP contribution in [0.4, 0.5) is 10.5 Å². The Balaban J connectivity index is 1.40. The standard InChI is InChI=1S/C26H34N6O4/c1-17-6-8-19(9-7-17)28-24(34)20-16-27-23-21(22(20)33)18(2)29-32(23)15-12-30-10-13-31(14-11-30)25(35)36-26(3,4)5/h6-9,16H,10-15H2,1-5H3,(H,27,33)(H,28,34). The predicted octanol–water partition coefficient (Wildman–Crippen LogP) is 3.15. The molecule has 192 valence electrons. The molecule has 2 N–H and O–H groups in total. The number of carbonyl (C=O) groups excluding carboxylic acids is 2. The highest BCUT2D eigenvalue weighted by Gasteiger charge is 2.26. The first kappa shape index (κ1) is 25.4. The number of nitrogens with zero attached hydrogens (tertiary/aromatic N) is 4. The fraction of sp³-hybridized carbons (Fsp3) is 0.462. The number of carbonyl (C=O) groups is 2. The average Bonchev–Trinajstić information content (AvgIpc) is 3.14. The minimum Gasteiger partial charge on any atom is -0.444 e. The molecule has 1 aliphatic rings. The molecule has 2 amide bonds. The Kier molecular flexibility index (Phi) is 7.16. The summed E-state index contributed by atoms with van der Waals surface area (Å²) in [4.78, 5) is 45.3. The van der Waals surface area contributed by atoms with E-state index in [0.717, 1.165) is 25.2 Å². The second-order valence-corrected chi connectivity index (χ2v) is 10.2. The third kappa shape index (κ3) is 5.76. The molecule has 0 atom stereocenters. The number of benzene rings is 1. The number of aryl methyl sites for hydroxylation is 2. The molecular formula is C26H34N6O4. The van der Waals surface area contributed by atoms with Crippen LogP contribution >= 0.6 is 0 Å². The third-order valence-electron chi connectivity index (χ3n) is 6.16. The summed E-state index contributed by atoms with van der Waals surface area (Å²) in [6.45, 7) is 13.3. The van der Waals surface area contributed by atoms with Crippen LogP contribution in [0.2, 0.25) is 0 Å². The fourth-order valence-electron chi connectivity index (χ4n) is 4.22. The first-order valence-electron chi connectivity index (χ1n) is 12.2. The largest absolute Gasteiger partial charge is 0.444 e. The number of nitrogens with one attached hydrogen (secondary N) is 2. The lowest BCUT2D eigenvalue weighted by Crippen LogP contribution is -2.50. The number of hydrogen-bond donors (Lipinski definition) is 2. The molecule has 0 unspecified atom stereocenters. The molecule has 0 radical (unpaired) electrons. The van der Waals surface area contributed by atoms with Gasteiger partial charge in [0.2, 0.25) is 5.43 Å². The van der Waals surface area contributed by atoms with Gasteiger partial charge in [0.25, 0.3) is 5.91 Å². The van der Waals surface area contributed by atoms with Crippen molar-refractivity contribution in [1.82, 2.24) is 24.6 Å².